The number of pyridine rings is 1. The zero-order valence-corrected chi connectivity index (χ0v) is 13.2. The van der Waals surface area contributed by atoms with Gasteiger partial charge in [0, 0.05) is 16.2 Å². The van der Waals surface area contributed by atoms with E-state index in [9.17, 15) is 5.11 Å². The molecule has 1 heterocycles. The molecule has 1 unspecified atom stereocenters. The van der Waals surface area contributed by atoms with Crippen LogP contribution in [0.25, 0.3) is 0 Å². The van der Waals surface area contributed by atoms with E-state index in [-0.39, 0.29) is 0 Å². The van der Waals surface area contributed by atoms with E-state index in [4.69, 9.17) is 11.6 Å². The number of aliphatic hydroxyl groups excluding tert-OH is 1. The third-order valence-corrected chi connectivity index (χ3v) is 4.03. The van der Waals surface area contributed by atoms with E-state index >= 15 is 0 Å². The van der Waals surface area contributed by atoms with Gasteiger partial charge < -0.3 is 5.11 Å². The molecule has 2 nitrogen and oxygen atoms in total. The summed E-state index contributed by atoms with van der Waals surface area (Å²) in [6.07, 6.45) is 1.80. The summed E-state index contributed by atoms with van der Waals surface area (Å²) in [5, 5.41) is 10.9. The fourth-order valence-electron chi connectivity index (χ4n) is 1.88. The number of aliphatic hydroxyl groups is 1. The fourth-order valence-corrected chi connectivity index (χ4v) is 2.89. The van der Waals surface area contributed by atoms with Crippen molar-refractivity contribution in [1.82, 2.24) is 4.98 Å². The molecule has 1 atom stereocenters. The van der Waals surface area contributed by atoms with Crippen molar-refractivity contribution in [3.05, 3.63) is 62.3 Å². The highest BCUT2D eigenvalue weighted by Crippen LogP contribution is 2.32. The topological polar surface area (TPSA) is 33.1 Å². The molecular formula is C15H15BrClNO. The highest BCUT2D eigenvalue weighted by Gasteiger charge is 2.18. The van der Waals surface area contributed by atoms with Crippen LogP contribution in [0.15, 0.2) is 34.9 Å². The van der Waals surface area contributed by atoms with Gasteiger partial charge in [0.1, 0.15) is 6.10 Å². The minimum Gasteiger partial charge on any atom is -0.382 e. The van der Waals surface area contributed by atoms with Crippen molar-refractivity contribution >= 4 is 27.5 Å². The molecule has 0 fully saturated rings. The van der Waals surface area contributed by atoms with Crippen LogP contribution in [-0.4, -0.2) is 10.1 Å². The number of nitrogens with zero attached hydrogens (tertiary/aromatic N) is 1. The fraction of sp³-hybridized carbons (Fsp3) is 0.267. The molecule has 0 saturated carbocycles. The second-order valence-electron chi connectivity index (χ2n) is 4.49. The molecule has 1 aromatic heterocycles. The first-order chi connectivity index (χ1) is 9.02. The molecule has 0 aliphatic carbocycles. The molecule has 0 radical (unpaired) electrons. The summed E-state index contributed by atoms with van der Waals surface area (Å²) in [6.45, 7) is 4.04. The van der Waals surface area contributed by atoms with Crippen LogP contribution in [0.1, 0.15) is 35.4 Å². The maximum Gasteiger partial charge on any atom is 0.124 e. The smallest absolute Gasteiger partial charge is 0.124 e. The van der Waals surface area contributed by atoms with Crippen LogP contribution in [0.5, 0.6) is 0 Å². The quantitative estimate of drug-likeness (QED) is 0.895. The van der Waals surface area contributed by atoms with Crippen molar-refractivity contribution in [3.8, 4) is 0 Å². The zero-order valence-electron chi connectivity index (χ0n) is 10.8. The van der Waals surface area contributed by atoms with E-state index in [1.54, 1.807) is 6.20 Å². The van der Waals surface area contributed by atoms with Crippen LogP contribution in [0, 0.1) is 6.92 Å². The molecule has 4 heteroatoms. The number of aromatic nitrogens is 1. The lowest BCUT2D eigenvalue weighted by Crippen LogP contribution is -2.05. The van der Waals surface area contributed by atoms with Crippen LogP contribution in [0.2, 0.25) is 5.02 Å². The molecule has 0 aliphatic rings. The van der Waals surface area contributed by atoms with Gasteiger partial charge in [0.15, 0.2) is 0 Å². The van der Waals surface area contributed by atoms with Gasteiger partial charge in [0.25, 0.3) is 0 Å². The van der Waals surface area contributed by atoms with Crippen molar-refractivity contribution in [2.45, 2.75) is 26.4 Å². The number of halogens is 2. The average molecular weight is 341 g/mol. The molecule has 0 aliphatic heterocycles. The molecular weight excluding hydrogens is 326 g/mol. The van der Waals surface area contributed by atoms with Crippen molar-refractivity contribution in [1.29, 1.82) is 0 Å². The predicted octanol–water partition coefficient (Wildman–Crippen LogP) is 4.45. The van der Waals surface area contributed by atoms with Gasteiger partial charge in [0.2, 0.25) is 0 Å². The monoisotopic (exact) mass is 339 g/mol. The molecule has 1 aromatic carbocycles. The third kappa shape index (κ3) is 3.16. The van der Waals surface area contributed by atoms with Gasteiger partial charge in [-0.1, -0.05) is 46.6 Å². The average Bonchev–Trinajstić information content (AvgIpc) is 2.37. The lowest BCUT2D eigenvalue weighted by atomic mass is 10.0. The molecule has 19 heavy (non-hydrogen) atoms. The molecule has 0 spiro atoms. The summed E-state index contributed by atoms with van der Waals surface area (Å²) in [6, 6.07) is 7.66. The van der Waals surface area contributed by atoms with Gasteiger partial charge in [-0.15, -0.1) is 0 Å². The largest absolute Gasteiger partial charge is 0.382 e. The predicted molar refractivity (Wildman–Crippen MR) is 81.6 cm³/mol. The van der Waals surface area contributed by atoms with Crippen LogP contribution >= 0.6 is 27.5 Å². The molecule has 0 amide bonds. The minimum atomic E-state index is -0.826. The van der Waals surface area contributed by atoms with Crippen molar-refractivity contribution in [2.75, 3.05) is 0 Å². The van der Waals surface area contributed by atoms with E-state index in [1.165, 1.54) is 0 Å². The zero-order chi connectivity index (χ0) is 14.0. The van der Waals surface area contributed by atoms with Gasteiger partial charge in [-0.2, -0.15) is 0 Å². The van der Waals surface area contributed by atoms with Gasteiger partial charge in [0.05, 0.1) is 10.7 Å². The highest BCUT2D eigenvalue weighted by molar-refractivity contribution is 9.10. The second-order valence-corrected chi connectivity index (χ2v) is 5.75. The Labute approximate surface area is 126 Å². The van der Waals surface area contributed by atoms with Crippen LogP contribution in [-0.2, 0) is 6.42 Å². The Morgan fingerprint density at radius 3 is 2.68 bits per heavy atom. The van der Waals surface area contributed by atoms with Crippen LogP contribution in [0.3, 0.4) is 0 Å². The Kier molecular flexibility index (Phi) is 4.61. The summed E-state index contributed by atoms with van der Waals surface area (Å²) in [5.41, 5.74) is 3.44. The summed E-state index contributed by atoms with van der Waals surface area (Å²) in [4.78, 5) is 4.29. The van der Waals surface area contributed by atoms with Gasteiger partial charge in [-0.3, -0.25) is 4.98 Å². The summed E-state index contributed by atoms with van der Waals surface area (Å²) >= 11 is 9.67. The molecule has 100 valence electrons. The second kappa shape index (κ2) is 6.04. The van der Waals surface area contributed by atoms with E-state index < -0.39 is 6.10 Å². The minimum absolute atomic E-state index is 0.489. The Balaban J connectivity index is 2.41. The SMILES string of the molecule is CCc1cnc(C(O)c2ccc(C)cc2Br)c(Cl)c1. The van der Waals surface area contributed by atoms with Gasteiger partial charge in [-0.05, 0) is 36.6 Å². The maximum absolute atomic E-state index is 10.4. The van der Waals surface area contributed by atoms with Gasteiger partial charge in [-0.25, -0.2) is 0 Å². The van der Waals surface area contributed by atoms with Crippen LogP contribution in [0.4, 0.5) is 0 Å². The number of benzene rings is 1. The van der Waals surface area contributed by atoms with E-state index in [0.29, 0.717) is 10.7 Å². The summed E-state index contributed by atoms with van der Waals surface area (Å²) in [7, 11) is 0. The number of rotatable bonds is 3. The third-order valence-electron chi connectivity index (χ3n) is 3.04. The molecule has 2 rings (SSSR count). The highest BCUT2D eigenvalue weighted by atomic mass is 79.9. The normalized spacial score (nSPS) is 12.5. The maximum atomic E-state index is 10.4. The summed E-state index contributed by atoms with van der Waals surface area (Å²) < 4.78 is 0.859. The Morgan fingerprint density at radius 1 is 1.37 bits per heavy atom. The number of hydrogen-bond acceptors (Lipinski definition) is 2. The standard InChI is InChI=1S/C15H15BrClNO/c1-3-10-7-13(17)14(18-8-10)15(19)11-5-4-9(2)6-12(11)16/h4-8,15,19H,3H2,1-2H3. The van der Waals surface area contributed by atoms with Crippen molar-refractivity contribution in [3.63, 3.8) is 0 Å². The van der Waals surface area contributed by atoms with E-state index in [0.717, 1.165) is 27.6 Å². The number of hydrogen-bond donors (Lipinski definition) is 1. The first-order valence-electron chi connectivity index (χ1n) is 6.11. The molecule has 2 aromatic rings. The van der Waals surface area contributed by atoms with E-state index in [1.807, 2.05) is 38.1 Å². The molecule has 1 N–H and O–H groups in total. The van der Waals surface area contributed by atoms with Crippen LogP contribution < -0.4 is 0 Å². The lowest BCUT2D eigenvalue weighted by Gasteiger charge is -2.15. The Bertz CT molecular complexity index is 601. The number of aryl methyl sites for hydroxylation is 2. The van der Waals surface area contributed by atoms with Gasteiger partial charge >= 0.3 is 0 Å². The molecule has 0 saturated heterocycles. The van der Waals surface area contributed by atoms with E-state index in [2.05, 4.69) is 20.9 Å². The summed E-state index contributed by atoms with van der Waals surface area (Å²) in [5.74, 6) is 0. The lowest BCUT2D eigenvalue weighted by molar-refractivity contribution is 0.214. The first-order valence-corrected chi connectivity index (χ1v) is 7.28. The Hall–Kier alpha value is -0.900. The molecule has 0 bridgehead atoms. The Morgan fingerprint density at radius 2 is 2.11 bits per heavy atom. The van der Waals surface area contributed by atoms with Crippen molar-refractivity contribution in [2.24, 2.45) is 0 Å². The van der Waals surface area contributed by atoms with Crippen molar-refractivity contribution < 1.29 is 5.11 Å². The first kappa shape index (κ1) is 14.5.